The molecule has 0 aliphatic carbocycles. The van der Waals surface area contributed by atoms with Gasteiger partial charge in [-0.3, -0.25) is 4.79 Å². The molecule has 0 bridgehead atoms. The Hall–Kier alpha value is -3.26. The van der Waals surface area contributed by atoms with E-state index in [-0.39, 0.29) is 17.2 Å². The summed E-state index contributed by atoms with van der Waals surface area (Å²) in [5.41, 5.74) is 0.318. The molecule has 0 saturated heterocycles. The summed E-state index contributed by atoms with van der Waals surface area (Å²) in [6, 6.07) is 16.0. The van der Waals surface area contributed by atoms with Crippen LogP contribution in [0, 0.1) is 0 Å². The Kier molecular flexibility index (Phi) is 6.23. The molecule has 0 unspecified atom stereocenters. The van der Waals surface area contributed by atoms with Gasteiger partial charge in [-0.2, -0.15) is 0 Å². The van der Waals surface area contributed by atoms with E-state index in [1.165, 1.54) is 38.7 Å². The molecule has 29 heavy (non-hydrogen) atoms. The number of benzene rings is 2. The van der Waals surface area contributed by atoms with E-state index in [0.29, 0.717) is 17.1 Å². The second-order valence-corrected chi connectivity index (χ2v) is 8.27. The Labute approximate surface area is 169 Å². The molecule has 1 N–H and O–H groups in total. The fourth-order valence-corrected chi connectivity index (χ4v) is 4.48. The lowest BCUT2D eigenvalue weighted by atomic mass is 10.2. The van der Waals surface area contributed by atoms with Crippen molar-refractivity contribution < 1.29 is 27.1 Å². The van der Waals surface area contributed by atoms with Crippen LogP contribution in [-0.2, 0) is 9.84 Å². The molecular formula is C21H21NO6S. The maximum atomic E-state index is 13.1. The number of ether oxygens (including phenoxy) is 2. The number of hydrogen-bond donors (Lipinski definition) is 1. The van der Waals surface area contributed by atoms with E-state index in [1.807, 2.05) is 0 Å². The topological polar surface area (TPSA) is 94.8 Å². The summed E-state index contributed by atoms with van der Waals surface area (Å²) in [5, 5.41) is 1.61. The van der Waals surface area contributed by atoms with Gasteiger partial charge in [-0.1, -0.05) is 18.2 Å². The van der Waals surface area contributed by atoms with Crippen molar-refractivity contribution in [3.63, 3.8) is 0 Å². The molecule has 3 rings (SSSR count). The summed E-state index contributed by atoms with van der Waals surface area (Å²) in [5.74, 6) is 0.705. The van der Waals surface area contributed by atoms with E-state index in [1.54, 1.807) is 42.5 Å². The predicted molar refractivity (Wildman–Crippen MR) is 107 cm³/mol. The monoisotopic (exact) mass is 415 g/mol. The first-order valence-corrected chi connectivity index (χ1v) is 10.3. The van der Waals surface area contributed by atoms with Gasteiger partial charge in [0.1, 0.15) is 11.0 Å². The summed E-state index contributed by atoms with van der Waals surface area (Å²) < 4.78 is 41.9. The zero-order chi connectivity index (χ0) is 20.9. The minimum atomic E-state index is -3.78. The van der Waals surface area contributed by atoms with Crippen LogP contribution in [0.15, 0.2) is 76.2 Å². The summed E-state index contributed by atoms with van der Waals surface area (Å²) in [6.07, 6.45) is 1.40. The third-order valence-corrected chi connectivity index (χ3v) is 6.48. The van der Waals surface area contributed by atoms with Gasteiger partial charge in [-0.25, -0.2) is 8.42 Å². The fourth-order valence-electron chi connectivity index (χ4n) is 2.88. The van der Waals surface area contributed by atoms with Gasteiger partial charge < -0.3 is 19.2 Å². The van der Waals surface area contributed by atoms with Crippen LogP contribution in [0.2, 0.25) is 0 Å². The van der Waals surface area contributed by atoms with Gasteiger partial charge in [0.05, 0.1) is 25.4 Å². The molecule has 0 fully saturated rings. The minimum Gasteiger partial charge on any atom is -0.493 e. The van der Waals surface area contributed by atoms with Crippen LogP contribution in [0.1, 0.15) is 21.4 Å². The molecule has 0 aliphatic rings. The van der Waals surface area contributed by atoms with Gasteiger partial charge in [-0.05, 0) is 42.5 Å². The highest BCUT2D eigenvalue weighted by Crippen LogP contribution is 2.30. The second kappa shape index (κ2) is 8.83. The third-order valence-electron chi connectivity index (χ3n) is 4.40. The van der Waals surface area contributed by atoms with E-state index < -0.39 is 21.0 Å². The molecule has 1 aromatic heterocycles. The third kappa shape index (κ3) is 4.43. The molecule has 0 spiro atoms. The average molecular weight is 415 g/mol. The lowest BCUT2D eigenvalue weighted by Crippen LogP contribution is -2.31. The molecule has 1 atom stereocenters. The van der Waals surface area contributed by atoms with E-state index in [9.17, 15) is 13.2 Å². The fraction of sp³-hybridized carbons (Fsp3) is 0.190. The summed E-state index contributed by atoms with van der Waals surface area (Å²) in [4.78, 5) is 12.8. The summed E-state index contributed by atoms with van der Waals surface area (Å²) >= 11 is 0. The molecule has 0 radical (unpaired) electrons. The van der Waals surface area contributed by atoms with Crippen LogP contribution in [0.5, 0.6) is 11.5 Å². The quantitative estimate of drug-likeness (QED) is 0.607. The van der Waals surface area contributed by atoms with Crippen molar-refractivity contribution in [1.29, 1.82) is 0 Å². The molecule has 7 nitrogen and oxygen atoms in total. The Bertz CT molecular complexity index is 1060. The highest BCUT2D eigenvalue weighted by atomic mass is 32.2. The first kappa shape index (κ1) is 20.5. The smallest absolute Gasteiger partial charge is 0.251 e. The molecule has 152 valence electrons. The van der Waals surface area contributed by atoms with Crippen molar-refractivity contribution in [2.24, 2.45) is 0 Å². The molecule has 0 aliphatic heterocycles. The van der Waals surface area contributed by atoms with Crippen LogP contribution in [0.3, 0.4) is 0 Å². The summed E-state index contributed by atoms with van der Waals surface area (Å²) in [6.45, 7) is -0.155. The van der Waals surface area contributed by atoms with Crippen LogP contribution in [-0.4, -0.2) is 35.1 Å². The molecule has 3 aromatic rings. The lowest BCUT2D eigenvalue weighted by molar-refractivity contribution is 0.0953. The van der Waals surface area contributed by atoms with Gasteiger partial charge in [0, 0.05) is 12.1 Å². The number of rotatable bonds is 8. The van der Waals surface area contributed by atoms with E-state index in [0.717, 1.165) is 0 Å². The second-order valence-electron chi connectivity index (χ2n) is 6.14. The Morgan fingerprint density at radius 1 is 1.00 bits per heavy atom. The number of sulfone groups is 1. The standard InChI is InChI=1S/C21H21NO6S/c1-26-17-11-10-15(13-19(17)27-2)21(23)22-14-20(18-9-6-12-28-18)29(24,25)16-7-4-3-5-8-16/h3-13,20H,14H2,1-2H3,(H,22,23)/t20-/m1/s1. The first-order valence-electron chi connectivity index (χ1n) is 8.80. The predicted octanol–water partition coefficient (Wildman–Crippen LogP) is 3.24. The number of amides is 1. The van der Waals surface area contributed by atoms with Crippen LogP contribution < -0.4 is 14.8 Å². The number of carbonyl (C=O) groups excluding carboxylic acids is 1. The van der Waals surface area contributed by atoms with Crippen molar-refractivity contribution in [3.05, 3.63) is 78.3 Å². The Morgan fingerprint density at radius 3 is 2.34 bits per heavy atom. The molecule has 2 aromatic carbocycles. The molecular weight excluding hydrogens is 394 g/mol. The minimum absolute atomic E-state index is 0.154. The van der Waals surface area contributed by atoms with Gasteiger partial charge in [0.15, 0.2) is 21.3 Å². The van der Waals surface area contributed by atoms with Crippen LogP contribution >= 0.6 is 0 Å². The lowest BCUT2D eigenvalue weighted by Gasteiger charge is -2.17. The Morgan fingerprint density at radius 2 is 1.72 bits per heavy atom. The maximum Gasteiger partial charge on any atom is 0.251 e. The van der Waals surface area contributed by atoms with Crippen molar-refractivity contribution in [2.45, 2.75) is 10.1 Å². The zero-order valence-electron chi connectivity index (χ0n) is 16.0. The van der Waals surface area contributed by atoms with Crippen molar-refractivity contribution >= 4 is 15.7 Å². The largest absolute Gasteiger partial charge is 0.493 e. The highest BCUT2D eigenvalue weighted by molar-refractivity contribution is 7.91. The van der Waals surface area contributed by atoms with Crippen LogP contribution in [0.25, 0.3) is 0 Å². The normalized spacial score (nSPS) is 12.2. The highest BCUT2D eigenvalue weighted by Gasteiger charge is 2.31. The SMILES string of the molecule is COc1ccc(C(=O)NC[C@H](c2ccco2)S(=O)(=O)c2ccccc2)cc1OC. The van der Waals surface area contributed by atoms with Gasteiger partial charge in [0.25, 0.3) is 5.91 Å². The molecule has 0 saturated carbocycles. The van der Waals surface area contributed by atoms with Crippen LogP contribution in [0.4, 0.5) is 0 Å². The maximum absolute atomic E-state index is 13.1. The van der Waals surface area contributed by atoms with Gasteiger partial charge in [-0.15, -0.1) is 0 Å². The van der Waals surface area contributed by atoms with E-state index >= 15 is 0 Å². The van der Waals surface area contributed by atoms with Crippen molar-refractivity contribution in [2.75, 3.05) is 20.8 Å². The number of nitrogens with one attached hydrogen (secondary N) is 1. The average Bonchev–Trinajstić information content (AvgIpc) is 3.28. The first-order chi connectivity index (χ1) is 14.0. The van der Waals surface area contributed by atoms with E-state index in [2.05, 4.69) is 5.32 Å². The van der Waals surface area contributed by atoms with Gasteiger partial charge >= 0.3 is 0 Å². The van der Waals surface area contributed by atoms with E-state index in [4.69, 9.17) is 13.9 Å². The summed E-state index contributed by atoms with van der Waals surface area (Å²) in [7, 11) is -0.807. The van der Waals surface area contributed by atoms with Crippen molar-refractivity contribution in [3.8, 4) is 11.5 Å². The number of methoxy groups -OCH3 is 2. The number of hydrogen-bond acceptors (Lipinski definition) is 6. The molecule has 1 heterocycles. The van der Waals surface area contributed by atoms with Crippen molar-refractivity contribution in [1.82, 2.24) is 5.32 Å². The molecule has 1 amide bonds. The zero-order valence-corrected chi connectivity index (χ0v) is 16.8. The molecule has 8 heteroatoms. The number of furan rings is 1. The number of carbonyl (C=O) groups is 1. The van der Waals surface area contributed by atoms with Gasteiger partial charge in [0.2, 0.25) is 0 Å². The Balaban J connectivity index is 1.84.